The van der Waals surface area contributed by atoms with Crippen molar-refractivity contribution in [2.45, 2.75) is 0 Å². The summed E-state index contributed by atoms with van der Waals surface area (Å²) in [6.07, 6.45) is 1.51. The fraction of sp³-hybridized carbons (Fsp3) is 0. The summed E-state index contributed by atoms with van der Waals surface area (Å²) in [6, 6.07) is 26.5. The molecule has 1 aromatic heterocycles. The minimum absolute atomic E-state index is 0.0209. The van der Waals surface area contributed by atoms with E-state index in [9.17, 15) is 15.4 Å². The van der Waals surface area contributed by atoms with Crippen LogP contribution in [-0.2, 0) is 0 Å². The third kappa shape index (κ3) is 4.66. The SMILES string of the molecule is N#CC(=CNc1cccc([N+](=O)[O-])c1)c1nc(-c2ccc(-c3ccccc3)cc2)cs1. The molecule has 0 spiro atoms. The maximum Gasteiger partial charge on any atom is 0.271 e. The van der Waals surface area contributed by atoms with Crippen molar-refractivity contribution < 1.29 is 4.92 Å². The Balaban J connectivity index is 1.53. The molecule has 0 bridgehead atoms. The number of hydrogen-bond donors (Lipinski definition) is 1. The number of nitrogens with one attached hydrogen (secondary N) is 1. The van der Waals surface area contributed by atoms with Crippen LogP contribution in [0.15, 0.2) is 90.4 Å². The summed E-state index contributed by atoms with van der Waals surface area (Å²) in [5, 5.41) is 25.9. The van der Waals surface area contributed by atoms with Crippen LogP contribution in [0.25, 0.3) is 28.0 Å². The fourth-order valence-electron chi connectivity index (χ4n) is 3.00. The normalized spacial score (nSPS) is 11.0. The van der Waals surface area contributed by atoms with Gasteiger partial charge in [-0.2, -0.15) is 5.26 Å². The highest BCUT2D eigenvalue weighted by Gasteiger charge is 2.10. The second-order valence-electron chi connectivity index (χ2n) is 6.60. The molecule has 4 aromatic rings. The summed E-state index contributed by atoms with van der Waals surface area (Å²) in [6.45, 7) is 0. The van der Waals surface area contributed by atoms with Gasteiger partial charge in [-0.15, -0.1) is 11.3 Å². The predicted molar refractivity (Wildman–Crippen MR) is 123 cm³/mol. The molecule has 0 amide bonds. The van der Waals surface area contributed by atoms with Gasteiger partial charge in [-0.3, -0.25) is 10.1 Å². The second-order valence-corrected chi connectivity index (χ2v) is 7.46. The number of allylic oxidation sites excluding steroid dienone is 1. The summed E-state index contributed by atoms with van der Waals surface area (Å²) in [5.41, 5.74) is 4.88. The van der Waals surface area contributed by atoms with Crippen LogP contribution in [0.4, 0.5) is 11.4 Å². The van der Waals surface area contributed by atoms with E-state index in [2.05, 4.69) is 40.6 Å². The summed E-state index contributed by atoms with van der Waals surface area (Å²) < 4.78 is 0. The Bertz CT molecular complexity index is 1290. The molecule has 0 fully saturated rings. The van der Waals surface area contributed by atoms with E-state index in [1.165, 1.54) is 29.7 Å². The Kier molecular flexibility index (Phi) is 5.83. The van der Waals surface area contributed by atoms with Gasteiger partial charge in [0.1, 0.15) is 16.6 Å². The van der Waals surface area contributed by atoms with E-state index in [0.717, 1.165) is 22.4 Å². The molecule has 3 aromatic carbocycles. The number of nitriles is 1. The fourth-order valence-corrected chi connectivity index (χ4v) is 3.80. The number of nitro benzene ring substituents is 1. The molecular formula is C24H16N4O2S. The van der Waals surface area contributed by atoms with Crippen molar-refractivity contribution in [2.24, 2.45) is 0 Å². The Labute approximate surface area is 182 Å². The Hall–Kier alpha value is -4.28. The lowest BCUT2D eigenvalue weighted by atomic mass is 10.0. The third-order valence-electron chi connectivity index (χ3n) is 4.58. The van der Waals surface area contributed by atoms with Crippen LogP contribution in [0, 0.1) is 21.4 Å². The Morgan fingerprint density at radius 3 is 2.42 bits per heavy atom. The Morgan fingerprint density at radius 2 is 1.71 bits per heavy atom. The van der Waals surface area contributed by atoms with Crippen LogP contribution >= 0.6 is 11.3 Å². The van der Waals surface area contributed by atoms with Crippen molar-refractivity contribution in [3.05, 3.63) is 106 Å². The van der Waals surface area contributed by atoms with Gasteiger partial charge >= 0.3 is 0 Å². The molecule has 0 unspecified atom stereocenters. The smallest absolute Gasteiger partial charge is 0.271 e. The van der Waals surface area contributed by atoms with Gasteiger partial charge in [0, 0.05) is 35.0 Å². The molecule has 0 aliphatic carbocycles. The van der Waals surface area contributed by atoms with Crippen molar-refractivity contribution in [1.82, 2.24) is 4.98 Å². The standard InChI is InChI=1S/C24H16N4O2S/c25-14-20(15-26-21-7-4-8-22(13-21)28(29)30)24-27-23(16-31-24)19-11-9-18(10-12-19)17-5-2-1-3-6-17/h1-13,15-16,26H. The van der Waals surface area contributed by atoms with Crippen molar-refractivity contribution >= 4 is 28.3 Å². The highest BCUT2D eigenvalue weighted by Crippen LogP contribution is 2.28. The van der Waals surface area contributed by atoms with Crippen LogP contribution in [0.1, 0.15) is 5.01 Å². The number of benzene rings is 3. The largest absolute Gasteiger partial charge is 0.360 e. The molecule has 7 heteroatoms. The molecular weight excluding hydrogens is 408 g/mol. The molecule has 150 valence electrons. The van der Waals surface area contributed by atoms with E-state index in [4.69, 9.17) is 0 Å². The summed E-state index contributed by atoms with van der Waals surface area (Å²) >= 11 is 1.37. The minimum atomic E-state index is -0.462. The molecule has 4 rings (SSSR count). The number of thiazole rings is 1. The lowest BCUT2D eigenvalue weighted by molar-refractivity contribution is -0.384. The van der Waals surface area contributed by atoms with Crippen LogP contribution in [0.3, 0.4) is 0 Å². The van der Waals surface area contributed by atoms with Crippen LogP contribution in [-0.4, -0.2) is 9.91 Å². The van der Waals surface area contributed by atoms with Gasteiger partial charge in [-0.05, 0) is 17.2 Å². The molecule has 0 saturated heterocycles. The predicted octanol–water partition coefficient (Wildman–Crippen LogP) is 6.36. The first-order valence-electron chi connectivity index (χ1n) is 9.37. The first kappa shape index (κ1) is 20.0. The lowest BCUT2D eigenvalue weighted by Gasteiger charge is -2.03. The van der Waals surface area contributed by atoms with Crippen molar-refractivity contribution in [2.75, 3.05) is 5.32 Å². The van der Waals surface area contributed by atoms with E-state index in [1.807, 2.05) is 35.7 Å². The lowest BCUT2D eigenvalue weighted by Crippen LogP contribution is -1.93. The van der Waals surface area contributed by atoms with E-state index in [1.54, 1.807) is 12.1 Å². The molecule has 1 heterocycles. The highest BCUT2D eigenvalue weighted by atomic mass is 32.1. The first-order valence-corrected chi connectivity index (χ1v) is 10.2. The van der Waals surface area contributed by atoms with Gasteiger partial charge in [-0.25, -0.2) is 4.98 Å². The monoisotopic (exact) mass is 424 g/mol. The molecule has 1 N–H and O–H groups in total. The van der Waals surface area contributed by atoms with Gasteiger partial charge < -0.3 is 5.32 Å². The number of nitro groups is 1. The average Bonchev–Trinajstić information content (AvgIpc) is 3.30. The topological polar surface area (TPSA) is 91.8 Å². The van der Waals surface area contributed by atoms with Gasteiger partial charge in [-0.1, -0.05) is 60.7 Å². The van der Waals surface area contributed by atoms with Crippen LogP contribution in [0.2, 0.25) is 0 Å². The summed E-state index contributed by atoms with van der Waals surface area (Å²) in [7, 11) is 0. The molecule has 0 aliphatic rings. The average molecular weight is 424 g/mol. The van der Waals surface area contributed by atoms with E-state index >= 15 is 0 Å². The maximum absolute atomic E-state index is 10.9. The molecule has 0 atom stereocenters. The number of hydrogen-bond acceptors (Lipinski definition) is 6. The van der Waals surface area contributed by atoms with Gasteiger partial charge in [0.2, 0.25) is 0 Å². The van der Waals surface area contributed by atoms with Crippen LogP contribution in [0.5, 0.6) is 0 Å². The third-order valence-corrected chi connectivity index (χ3v) is 5.46. The number of non-ortho nitro benzene ring substituents is 1. The number of anilines is 1. The summed E-state index contributed by atoms with van der Waals surface area (Å²) in [4.78, 5) is 15.0. The zero-order valence-electron chi connectivity index (χ0n) is 16.2. The maximum atomic E-state index is 10.9. The molecule has 31 heavy (non-hydrogen) atoms. The summed E-state index contributed by atoms with van der Waals surface area (Å²) in [5.74, 6) is 0. The number of nitrogens with zero attached hydrogens (tertiary/aromatic N) is 3. The molecule has 0 saturated carbocycles. The minimum Gasteiger partial charge on any atom is -0.360 e. The van der Waals surface area contributed by atoms with Crippen molar-refractivity contribution in [1.29, 1.82) is 5.26 Å². The second kappa shape index (κ2) is 9.03. The van der Waals surface area contributed by atoms with Crippen LogP contribution < -0.4 is 5.32 Å². The number of aromatic nitrogens is 1. The first-order chi connectivity index (χ1) is 15.1. The van der Waals surface area contributed by atoms with Gasteiger partial charge in [0.15, 0.2) is 0 Å². The molecule has 6 nitrogen and oxygen atoms in total. The zero-order chi connectivity index (χ0) is 21.6. The molecule has 0 radical (unpaired) electrons. The van der Waals surface area contributed by atoms with Crippen molar-refractivity contribution in [3.8, 4) is 28.5 Å². The van der Waals surface area contributed by atoms with Crippen molar-refractivity contribution in [3.63, 3.8) is 0 Å². The highest BCUT2D eigenvalue weighted by molar-refractivity contribution is 7.11. The molecule has 0 aliphatic heterocycles. The zero-order valence-corrected chi connectivity index (χ0v) is 17.0. The van der Waals surface area contributed by atoms with E-state index in [-0.39, 0.29) is 5.69 Å². The number of rotatable bonds is 6. The van der Waals surface area contributed by atoms with E-state index in [0.29, 0.717) is 16.3 Å². The van der Waals surface area contributed by atoms with Gasteiger partial charge in [0.25, 0.3) is 5.69 Å². The van der Waals surface area contributed by atoms with E-state index < -0.39 is 4.92 Å². The van der Waals surface area contributed by atoms with Gasteiger partial charge in [0.05, 0.1) is 10.6 Å². The quantitative estimate of drug-likeness (QED) is 0.221. The Morgan fingerprint density at radius 1 is 1.00 bits per heavy atom.